The number of nitrogens with one attached hydrogen (secondary N) is 1. The molecule has 0 spiro atoms. The van der Waals surface area contributed by atoms with Crippen LogP contribution < -0.4 is 56.1 Å². The van der Waals surface area contributed by atoms with Gasteiger partial charge in [-0.25, -0.2) is 13.1 Å². The number of hydrogen-bond acceptors (Lipinski definition) is 6. The Labute approximate surface area is 248 Å². The van der Waals surface area contributed by atoms with Crippen molar-refractivity contribution in [2.45, 2.75) is 59.6 Å². The van der Waals surface area contributed by atoms with E-state index in [9.17, 15) is 88.3 Å². The summed E-state index contributed by atoms with van der Waals surface area (Å²) in [7, 11) is -6.18. The summed E-state index contributed by atoms with van der Waals surface area (Å²) in [5, 5.41) is 12.2. The van der Waals surface area contributed by atoms with E-state index in [-0.39, 0.29) is 61.5 Å². The van der Waals surface area contributed by atoms with Gasteiger partial charge in [-0.15, -0.1) is 0 Å². The van der Waals surface area contributed by atoms with Crippen molar-refractivity contribution in [3.05, 3.63) is 5.21 Å². The van der Waals surface area contributed by atoms with Gasteiger partial charge in [-0.05, 0) is 13.5 Å². The number of hydrogen-bond donors (Lipinski definition) is 2. The van der Waals surface area contributed by atoms with Crippen LogP contribution in [0.1, 0.15) is 6.42 Å². The summed E-state index contributed by atoms with van der Waals surface area (Å²) in [4.78, 5) is 0. The van der Waals surface area contributed by atoms with Gasteiger partial charge in [0.15, 0.2) is 0 Å². The van der Waals surface area contributed by atoms with Crippen molar-refractivity contribution in [2.75, 3.05) is 20.6 Å². The molecule has 26 heteroatoms. The molecule has 1 atom stereocenters. The van der Waals surface area contributed by atoms with E-state index in [1.54, 1.807) is 0 Å². The minimum Gasteiger partial charge on any atom is -0.784 e. The standard InChI is InChI=1S/C13H13F17N3O4S.K/c1-32(34)5(33(2)35)3-4-31-38(36,37)13(29,30)11(24,25)9(20,21)7(16,17)6(14,15)8(18,19)10(22,23)12(26,27)28;/h5,31,34H,3-4H2,1-2H3;/q-1;+1. The van der Waals surface area contributed by atoms with Crippen molar-refractivity contribution in [1.29, 1.82) is 0 Å². The van der Waals surface area contributed by atoms with E-state index in [1.807, 2.05) is 0 Å². The Hall–Kier alpha value is 0.196. The van der Waals surface area contributed by atoms with Gasteiger partial charge in [0.25, 0.3) is 10.0 Å². The van der Waals surface area contributed by atoms with Gasteiger partial charge < -0.3 is 15.5 Å². The van der Waals surface area contributed by atoms with Crippen LogP contribution in [0.25, 0.3) is 0 Å². The van der Waals surface area contributed by atoms with E-state index < -0.39 is 76.1 Å². The van der Waals surface area contributed by atoms with Gasteiger partial charge >= 0.3 is 98.4 Å². The SMILES string of the molecule is CN([O-])C(CCNS(=O)(=O)C(F)(F)C(F)(F)C(F)(F)C(F)(F)C(F)(F)C(F)(F)C(F)(F)C(F)(F)F)N(C)O.[K+]. The van der Waals surface area contributed by atoms with Crippen molar-refractivity contribution in [1.82, 2.24) is 14.8 Å². The minimum atomic E-state index is -8.92. The average molecular weight is 669 g/mol. The molecular formula is C13H13F17KN3O4S. The van der Waals surface area contributed by atoms with Crippen molar-refractivity contribution in [3.63, 3.8) is 0 Å². The second-order valence-electron chi connectivity index (χ2n) is 7.25. The van der Waals surface area contributed by atoms with Crippen molar-refractivity contribution in [3.8, 4) is 0 Å². The van der Waals surface area contributed by atoms with Crippen LogP contribution in [0, 0.1) is 5.21 Å². The molecular weight excluding hydrogens is 656 g/mol. The second-order valence-corrected chi connectivity index (χ2v) is 9.06. The second kappa shape index (κ2) is 12.1. The van der Waals surface area contributed by atoms with E-state index in [2.05, 4.69) is 0 Å². The summed E-state index contributed by atoms with van der Waals surface area (Å²) in [6.07, 6.45) is -11.0. The molecule has 0 aliphatic rings. The van der Waals surface area contributed by atoms with Crippen LogP contribution in [0.4, 0.5) is 74.6 Å². The molecule has 2 N–H and O–H groups in total. The van der Waals surface area contributed by atoms with Crippen molar-refractivity contribution >= 4 is 10.0 Å². The van der Waals surface area contributed by atoms with Crippen LogP contribution in [0.15, 0.2) is 0 Å². The van der Waals surface area contributed by atoms with Crippen molar-refractivity contribution < 1.29 is 140 Å². The topological polar surface area (TPSA) is 95.9 Å². The maximum Gasteiger partial charge on any atom is 1.00 e. The van der Waals surface area contributed by atoms with E-state index in [0.29, 0.717) is 18.8 Å². The van der Waals surface area contributed by atoms with Gasteiger partial charge in [0.2, 0.25) is 0 Å². The van der Waals surface area contributed by atoms with E-state index >= 15 is 0 Å². The zero-order valence-electron chi connectivity index (χ0n) is 18.9. The fraction of sp³-hybridized carbons (Fsp3) is 1.00. The normalized spacial score (nSPS) is 16.5. The monoisotopic (exact) mass is 669 g/mol. The van der Waals surface area contributed by atoms with Crippen LogP contribution in [0.5, 0.6) is 0 Å². The molecule has 1 unspecified atom stereocenters. The molecule has 230 valence electrons. The van der Waals surface area contributed by atoms with Crippen molar-refractivity contribution in [2.24, 2.45) is 0 Å². The van der Waals surface area contributed by atoms with E-state index in [4.69, 9.17) is 5.21 Å². The third-order valence-electron chi connectivity index (χ3n) is 4.58. The Kier molecular flexibility index (Phi) is 12.8. The molecule has 0 amide bonds. The first-order valence-corrected chi connectivity index (χ1v) is 10.2. The van der Waals surface area contributed by atoms with Crippen LogP contribution in [0.3, 0.4) is 0 Å². The first-order valence-electron chi connectivity index (χ1n) is 8.76. The Balaban J connectivity index is 0. The van der Waals surface area contributed by atoms with Gasteiger partial charge in [0.1, 0.15) is 0 Å². The number of hydroxylamine groups is 4. The summed E-state index contributed by atoms with van der Waals surface area (Å²) >= 11 is 0. The quantitative estimate of drug-likeness (QED) is 0.133. The van der Waals surface area contributed by atoms with Crippen LogP contribution in [-0.2, 0) is 10.0 Å². The molecule has 0 radical (unpaired) electrons. The Morgan fingerprint density at radius 1 is 0.692 bits per heavy atom. The fourth-order valence-corrected chi connectivity index (χ4v) is 3.37. The molecule has 0 aliphatic heterocycles. The zero-order chi connectivity index (χ0) is 31.4. The smallest absolute Gasteiger partial charge is 0.784 e. The number of rotatable bonds is 13. The molecule has 0 aliphatic carbocycles. The van der Waals surface area contributed by atoms with Crippen LogP contribution in [0.2, 0.25) is 0 Å². The molecule has 0 fully saturated rings. The first kappa shape index (κ1) is 41.3. The van der Waals surface area contributed by atoms with Gasteiger partial charge in [-0.3, -0.25) is 0 Å². The third kappa shape index (κ3) is 6.58. The van der Waals surface area contributed by atoms with Gasteiger partial charge in [-0.1, -0.05) is 0 Å². The molecule has 0 rings (SSSR count). The maximum atomic E-state index is 13.8. The maximum absolute atomic E-state index is 13.8. The number of nitrogens with zero attached hydrogens (tertiary/aromatic N) is 2. The number of sulfonamides is 1. The number of halogens is 17. The third-order valence-corrected chi connectivity index (χ3v) is 6.09. The average Bonchev–Trinajstić information content (AvgIpc) is 2.68. The fourth-order valence-electron chi connectivity index (χ4n) is 2.34. The first-order chi connectivity index (χ1) is 16.2. The largest absolute Gasteiger partial charge is 1.00 e. The van der Waals surface area contributed by atoms with Gasteiger partial charge in [-0.2, -0.15) is 79.7 Å². The predicted molar refractivity (Wildman–Crippen MR) is 86.7 cm³/mol. The number of alkyl halides is 17. The minimum absolute atomic E-state index is 0. The molecule has 0 saturated carbocycles. The van der Waals surface area contributed by atoms with E-state index in [0.717, 1.165) is 0 Å². The van der Waals surface area contributed by atoms with E-state index in [1.165, 1.54) is 0 Å². The zero-order valence-corrected chi connectivity index (χ0v) is 22.8. The molecule has 0 aromatic heterocycles. The molecule has 0 bridgehead atoms. The predicted octanol–water partition coefficient (Wildman–Crippen LogP) is 1.34. The molecule has 0 aromatic rings. The summed E-state index contributed by atoms with van der Waals surface area (Å²) in [5.41, 5.74) is 0. The molecule has 0 heterocycles. The van der Waals surface area contributed by atoms with Gasteiger partial charge in [0, 0.05) is 13.6 Å². The van der Waals surface area contributed by atoms with Crippen LogP contribution in [-0.4, -0.2) is 97.5 Å². The Morgan fingerprint density at radius 2 is 1.00 bits per heavy atom. The summed E-state index contributed by atoms with van der Waals surface area (Å²) in [6.45, 7) is -1.69. The molecule has 7 nitrogen and oxygen atoms in total. The Bertz CT molecular complexity index is 935. The summed E-state index contributed by atoms with van der Waals surface area (Å²) in [5.74, 6) is -52.1. The molecule has 39 heavy (non-hydrogen) atoms. The molecule has 0 saturated heterocycles. The van der Waals surface area contributed by atoms with Gasteiger partial charge in [0.05, 0.1) is 6.17 Å². The Morgan fingerprint density at radius 3 is 1.28 bits per heavy atom. The summed E-state index contributed by atoms with van der Waals surface area (Å²) in [6, 6.07) is 0. The van der Waals surface area contributed by atoms with Crippen LogP contribution >= 0.6 is 0 Å². The molecule has 0 aromatic carbocycles. The summed E-state index contributed by atoms with van der Waals surface area (Å²) < 4.78 is 247.